The van der Waals surface area contributed by atoms with Crippen molar-refractivity contribution < 1.29 is 8.83 Å². The number of rotatable bonds is 6. The van der Waals surface area contributed by atoms with E-state index in [1.165, 1.54) is 54.9 Å². The van der Waals surface area contributed by atoms with Crippen molar-refractivity contribution in [2.24, 2.45) is 0 Å². The molecule has 0 saturated heterocycles. The molecule has 0 unspecified atom stereocenters. The molecule has 0 fully saturated rings. The molecule has 0 bridgehead atoms. The maximum absolute atomic E-state index is 7.02. The summed E-state index contributed by atoms with van der Waals surface area (Å²) >= 11 is 0. The lowest BCUT2D eigenvalue weighted by molar-refractivity contribution is 0.660. The smallest absolute Gasteiger partial charge is 0.143 e. The summed E-state index contributed by atoms with van der Waals surface area (Å²) in [6, 6.07) is 81.5. The Morgan fingerprint density at radius 3 is 1.68 bits per heavy atom. The highest BCUT2D eigenvalue weighted by Gasteiger charge is 2.36. The number of benzene rings is 11. The molecule has 14 rings (SSSR count). The van der Waals surface area contributed by atoms with Crippen LogP contribution in [0.2, 0.25) is 0 Å². The first-order chi connectivity index (χ1) is 33.5. The molecule has 2 aromatic heterocycles. The Balaban J connectivity index is 0.969. The highest BCUT2D eigenvalue weighted by molar-refractivity contribution is 6.28. The van der Waals surface area contributed by atoms with Crippen LogP contribution in [0, 0.1) is 0 Å². The second kappa shape index (κ2) is 14.7. The molecule has 0 saturated carbocycles. The predicted molar refractivity (Wildman–Crippen MR) is 285 cm³/mol. The maximum atomic E-state index is 7.02. The van der Waals surface area contributed by atoms with Crippen LogP contribution in [-0.2, 0) is 5.41 Å². The quantitative estimate of drug-likeness (QED) is 0.156. The van der Waals surface area contributed by atoms with Crippen molar-refractivity contribution in [3.63, 3.8) is 0 Å². The van der Waals surface area contributed by atoms with Crippen LogP contribution in [0.5, 0.6) is 0 Å². The van der Waals surface area contributed by atoms with Gasteiger partial charge < -0.3 is 13.7 Å². The number of para-hydroxylation sites is 1. The average Bonchev–Trinajstić information content (AvgIpc) is 4.04. The van der Waals surface area contributed by atoms with E-state index in [0.29, 0.717) is 0 Å². The molecule has 1 aliphatic rings. The van der Waals surface area contributed by atoms with Crippen LogP contribution >= 0.6 is 0 Å². The van der Waals surface area contributed by atoms with Crippen molar-refractivity contribution in [3.8, 4) is 44.5 Å². The van der Waals surface area contributed by atoms with Gasteiger partial charge in [0.2, 0.25) is 0 Å². The molecule has 0 spiro atoms. The predicted octanol–water partition coefficient (Wildman–Crippen LogP) is 18.6. The molecule has 3 heteroatoms. The van der Waals surface area contributed by atoms with Gasteiger partial charge in [-0.15, -0.1) is 0 Å². The molecule has 0 amide bonds. The number of hydrogen-bond donors (Lipinski definition) is 0. The van der Waals surface area contributed by atoms with Gasteiger partial charge in [-0.2, -0.15) is 0 Å². The van der Waals surface area contributed by atoms with Crippen molar-refractivity contribution in [3.05, 3.63) is 236 Å². The van der Waals surface area contributed by atoms with E-state index in [0.717, 1.165) is 83.2 Å². The SMILES string of the molecule is CC1(C)c2ccccc2-c2ccc(N(c3ccc(-c4ccccc4)cc3)c3ccc(-c4cc(-c5cc6ccccc6c6ccccc56)c5oc6ccc7oc8ccccc8c7c6c5c4)cc3)cc21. The topological polar surface area (TPSA) is 29.5 Å². The molecule has 2 heterocycles. The Labute approximate surface area is 393 Å². The zero-order valence-electron chi connectivity index (χ0n) is 37.6. The summed E-state index contributed by atoms with van der Waals surface area (Å²) in [5.74, 6) is 0. The minimum atomic E-state index is -0.132. The summed E-state index contributed by atoms with van der Waals surface area (Å²) < 4.78 is 13.5. The van der Waals surface area contributed by atoms with Crippen molar-refractivity contribution >= 4 is 82.5 Å². The van der Waals surface area contributed by atoms with E-state index in [9.17, 15) is 0 Å². The monoisotopic (exact) mass is 869 g/mol. The normalized spacial score (nSPS) is 13.0. The number of fused-ring (bicyclic) bond motifs is 13. The molecular formula is C65H43NO2. The summed E-state index contributed by atoms with van der Waals surface area (Å²) in [6.07, 6.45) is 0. The second-order valence-electron chi connectivity index (χ2n) is 18.8. The largest absolute Gasteiger partial charge is 0.456 e. The lowest BCUT2D eigenvalue weighted by Gasteiger charge is -2.28. The number of nitrogens with zero attached hydrogens (tertiary/aromatic N) is 1. The van der Waals surface area contributed by atoms with Crippen molar-refractivity contribution in [2.45, 2.75) is 19.3 Å². The molecule has 68 heavy (non-hydrogen) atoms. The van der Waals surface area contributed by atoms with Gasteiger partial charge in [0.25, 0.3) is 0 Å². The van der Waals surface area contributed by atoms with Crippen LogP contribution in [-0.4, -0.2) is 0 Å². The zero-order valence-corrected chi connectivity index (χ0v) is 37.6. The van der Waals surface area contributed by atoms with E-state index < -0.39 is 0 Å². The van der Waals surface area contributed by atoms with Crippen LogP contribution in [0.4, 0.5) is 17.1 Å². The Morgan fingerprint density at radius 2 is 0.897 bits per heavy atom. The number of anilines is 3. The van der Waals surface area contributed by atoms with Gasteiger partial charge in [-0.25, -0.2) is 0 Å². The summed E-state index contributed by atoms with van der Waals surface area (Å²) in [7, 11) is 0. The van der Waals surface area contributed by atoms with E-state index in [2.05, 4.69) is 225 Å². The Hall–Kier alpha value is -8.66. The van der Waals surface area contributed by atoms with Gasteiger partial charge in [-0.05, 0) is 144 Å². The molecule has 320 valence electrons. The van der Waals surface area contributed by atoms with Crippen molar-refractivity contribution in [1.29, 1.82) is 0 Å². The fourth-order valence-corrected chi connectivity index (χ4v) is 11.3. The lowest BCUT2D eigenvalue weighted by atomic mass is 9.82. The fourth-order valence-electron chi connectivity index (χ4n) is 11.3. The number of furan rings is 2. The standard InChI is InChI=1S/C65H43NO2/c1-65(2)57-22-12-10-20-51(57)52-33-32-47(39-58(52)65)66(45-28-24-41(25-29-45)40-14-4-3-5-15-40)46-30-26-42(27-31-46)44-37-55(54-36-43-16-6-7-17-48(43)49-18-8-9-19-50(49)54)64-56(38-44)63-61(68-64)35-34-60-62(63)53-21-11-13-23-59(53)67-60/h3-39H,1-2H3. The van der Waals surface area contributed by atoms with Crippen LogP contribution < -0.4 is 4.90 Å². The minimum Gasteiger partial charge on any atom is -0.456 e. The fraction of sp³-hybridized carbons (Fsp3) is 0.0462. The van der Waals surface area contributed by atoms with Gasteiger partial charge >= 0.3 is 0 Å². The molecule has 0 aliphatic heterocycles. The molecule has 0 N–H and O–H groups in total. The zero-order chi connectivity index (χ0) is 45.1. The minimum absolute atomic E-state index is 0.132. The van der Waals surface area contributed by atoms with Crippen LogP contribution in [0.25, 0.3) is 110 Å². The van der Waals surface area contributed by atoms with Gasteiger partial charge in [-0.1, -0.05) is 166 Å². The summed E-state index contributed by atoms with van der Waals surface area (Å²) in [5, 5.41) is 9.13. The Bertz CT molecular complexity index is 4150. The molecule has 3 nitrogen and oxygen atoms in total. The first-order valence-corrected chi connectivity index (χ1v) is 23.5. The molecule has 1 aliphatic carbocycles. The van der Waals surface area contributed by atoms with Crippen LogP contribution in [0.3, 0.4) is 0 Å². The van der Waals surface area contributed by atoms with Gasteiger partial charge in [0.1, 0.15) is 22.3 Å². The highest BCUT2D eigenvalue weighted by Crippen LogP contribution is 2.51. The van der Waals surface area contributed by atoms with Gasteiger partial charge in [0, 0.05) is 49.6 Å². The maximum Gasteiger partial charge on any atom is 0.143 e. The molecule has 13 aromatic rings. The average molecular weight is 870 g/mol. The van der Waals surface area contributed by atoms with E-state index in [-0.39, 0.29) is 5.41 Å². The Kier molecular flexibility index (Phi) is 8.33. The summed E-state index contributed by atoms with van der Waals surface area (Å²) in [4.78, 5) is 2.40. The first-order valence-electron chi connectivity index (χ1n) is 23.5. The molecule has 0 atom stereocenters. The Morgan fingerprint density at radius 1 is 0.324 bits per heavy atom. The van der Waals surface area contributed by atoms with Crippen molar-refractivity contribution in [1.82, 2.24) is 0 Å². The highest BCUT2D eigenvalue weighted by atomic mass is 16.3. The van der Waals surface area contributed by atoms with E-state index in [4.69, 9.17) is 8.83 Å². The second-order valence-corrected chi connectivity index (χ2v) is 18.8. The third-order valence-electron chi connectivity index (χ3n) is 14.7. The van der Waals surface area contributed by atoms with Gasteiger partial charge in [0.15, 0.2) is 0 Å². The van der Waals surface area contributed by atoms with E-state index in [1.807, 2.05) is 18.2 Å². The summed E-state index contributed by atoms with van der Waals surface area (Å²) in [6.45, 7) is 4.70. The number of hydrogen-bond acceptors (Lipinski definition) is 3. The van der Waals surface area contributed by atoms with Gasteiger partial charge in [-0.3, -0.25) is 0 Å². The molecule has 11 aromatic carbocycles. The van der Waals surface area contributed by atoms with Gasteiger partial charge in [0.05, 0.1) is 0 Å². The van der Waals surface area contributed by atoms with E-state index in [1.54, 1.807) is 0 Å². The third-order valence-corrected chi connectivity index (χ3v) is 14.7. The first kappa shape index (κ1) is 38.6. The molecular weight excluding hydrogens is 827 g/mol. The van der Waals surface area contributed by atoms with E-state index >= 15 is 0 Å². The molecule has 0 radical (unpaired) electrons. The van der Waals surface area contributed by atoms with Crippen LogP contribution in [0.15, 0.2) is 233 Å². The lowest BCUT2D eigenvalue weighted by Crippen LogP contribution is -2.16. The van der Waals surface area contributed by atoms with Crippen molar-refractivity contribution in [2.75, 3.05) is 4.90 Å². The summed E-state index contributed by atoms with van der Waals surface area (Å²) in [5.41, 5.74) is 18.7. The third kappa shape index (κ3) is 5.79. The van der Waals surface area contributed by atoms with Crippen LogP contribution in [0.1, 0.15) is 25.0 Å².